The zero-order valence-corrected chi connectivity index (χ0v) is 16.8. The molecular weight excluding hydrogens is 419 g/mol. The first-order valence-electron chi connectivity index (χ1n) is 8.66. The van der Waals surface area contributed by atoms with E-state index in [-0.39, 0.29) is 21.7 Å². The van der Waals surface area contributed by atoms with Crippen LogP contribution in [0.3, 0.4) is 0 Å². The highest BCUT2D eigenvalue weighted by atomic mass is 32.2. The molecule has 3 aromatic rings. The summed E-state index contributed by atoms with van der Waals surface area (Å²) >= 11 is 0. The largest absolute Gasteiger partial charge is 0.417 e. The number of nitrogens with one attached hydrogen (secondary N) is 1. The third kappa shape index (κ3) is 4.24. The highest BCUT2D eigenvalue weighted by molar-refractivity contribution is 7.89. The molecule has 0 radical (unpaired) electrons. The number of aryl methyl sites for hydroxylation is 1. The first-order valence-corrected chi connectivity index (χ1v) is 10.2. The number of aromatic nitrogens is 1. The lowest BCUT2D eigenvalue weighted by atomic mass is 10.00. The maximum absolute atomic E-state index is 13.4. The van der Waals surface area contributed by atoms with E-state index in [2.05, 4.69) is 5.32 Å². The van der Waals surface area contributed by atoms with Crippen molar-refractivity contribution >= 4 is 21.6 Å². The fraction of sp³-hybridized carbons (Fsp3) is 0.150. The van der Waals surface area contributed by atoms with Gasteiger partial charge in [-0.1, -0.05) is 18.2 Å². The van der Waals surface area contributed by atoms with Crippen LogP contribution in [0.2, 0.25) is 0 Å². The van der Waals surface area contributed by atoms with E-state index >= 15 is 0 Å². The molecule has 1 heterocycles. The zero-order valence-electron chi connectivity index (χ0n) is 16.0. The Morgan fingerprint density at radius 2 is 1.67 bits per heavy atom. The number of carbonyl (C=O) groups is 1. The minimum absolute atomic E-state index is 0.0263. The van der Waals surface area contributed by atoms with Gasteiger partial charge >= 0.3 is 6.18 Å². The second kappa shape index (κ2) is 7.62. The summed E-state index contributed by atoms with van der Waals surface area (Å²) in [6.45, 7) is 1.57. The maximum atomic E-state index is 13.4. The quantitative estimate of drug-likeness (QED) is 0.648. The van der Waals surface area contributed by atoms with Crippen molar-refractivity contribution < 1.29 is 26.4 Å². The number of benzene rings is 2. The molecule has 2 aromatic carbocycles. The van der Waals surface area contributed by atoms with Gasteiger partial charge in [0.15, 0.2) is 0 Å². The Bertz CT molecular complexity index is 1210. The molecule has 3 rings (SSSR count). The maximum Gasteiger partial charge on any atom is 0.417 e. The predicted octanol–water partition coefficient (Wildman–Crippen LogP) is 3.92. The van der Waals surface area contributed by atoms with Gasteiger partial charge in [0.2, 0.25) is 10.0 Å². The summed E-state index contributed by atoms with van der Waals surface area (Å²) in [6, 6.07) is 10.4. The Morgan fingerprint density at radius 3 is 2.23 bits per heavy atom. The van der Waals surface area contributed by atoms with Crippen LogP contribution in [0.1, 0.15) is 21.5 Å². The number of halogens is 3. The second-order valence-corrected chi connectivity index (χ2v) is 8.26. The molecule has 158 valence electrons. The first kappa shape index (κ1) is 21.6. The number of nitrogens with two attached hydrogens (primary N) is 1. The number of primary sulfonamides is 1. The van der Waals surface area contributed by atoms with Crippen LogP contribution in [0.4, 0.5) is 18.9 Å². The minimum atomic E-state index is -4.54. The predicted molar refractivity (Wildman–Crippen MR) is 106 cm³/mol. The van der Waals surface area contributed by atoms with E-state index < -0.39 is 27.7 Å². The Morgan fingerprint density at radius 1 is 1.07 bits per heavy atom. The van der Waals surface area contributed by atoms with Crippen molar-refractivity contribution in [1.82, 2.24) is 4.57 Å². The van der Waals surface area contributed by atoms with Crippen molar-refractivity contribution in [2.75, 3.05) is 5.32 Å². The molecule has 0 saturated heterocycles. The number of alkyl halides is 3. The summed E-state index contributed by atoms with van der Waals surface area (Å²) in [5.74, 6) is -0.540. The average Bonchev–Trinajstić information content (AvgIpc) is 2.95. The third-order valence-corrected chi connectivity index (χ3v) is 5.54. The van der Waals surface area contributed by atoms with Gasteiger partial charge in [-0.25, -0.2) is 13.6 Å². The standard InChI is InChI=1S/C20H18F3N3O3S/c1-12-16(19(27)25-13-7-9-14(10-8-13)30(24,28)29)11-26(2)18(12)15-5-3-4-6-17(15)20(21,22)23/h3-11H,1-2H3,(H,25,27)(H2,24,28,29). The number of rotatable bonds is 4. The van der Waals surface area contributed by atoms with Crippen LogP contribution in [-0.4, -0.2) is 18.9 Å². The summed E-state index contributed by atoms with van der Waals surface area (Å²) in [5.41, 5.74) is 0.347. The number of hydrogen-bond acceptors (Lipinski definition) is 3. The molecule has 0 aliphatic heterocycles. The molecule has 3 N–H and O–H groups in total. The molecule has 30 heavy (non-hydrogen) atoms. The molecule has 1 aromatic heterocycles. The van der Waals surface area contributed by atoms with Crippen LogP contribution in [0.15, 0.2) is 59.6 Å². The number of amides is 1. The summed E-state index contributed by atoms with van der Waals surface area (Å²) in [7, 11) is -2.30. The average molecular weight is 437 g/mol. The topological polar surface area (TPSA) is 94.2 Å². The van der Waals surface area contributed by atoms with E-state index in [0.717, 1.165) is 6.07 Å². The highest BCUT2D eigenvalue weighted by Gasteiger charge is 2.34. The molecule has 1 amide bonds. The van der Waals surface area contributed by atoms with Crippen molar-refractivity contribution in [3.63, 3.8) is 0 Å². The van der Waals surface area contributed by atoms with E-state index in [0.29, 0.717) is 11.3 Å². The van der Waals surface area contributed by atoms with E-state index in [9.17, 15) is 26.4 Å². The highest BCUT2D eigenvalue weighted by Crippen LogP contribution is 2.39. The van der Waals surface area contributed by atoms with E-state index in [1.165, 1.54) is 53.2 Å². The molecule has 0 fully saturated rings. The van der Waals surface area contributed by atoms with Crippen molar-refractivity contribution in [2.24, 2.45) is 12.2 Å². The van der Waals surface area contributed by atoms with Crippen LogP contribution in [-0.2, 0) is 23.2 Å². The lowest BCUT2D eigenvalue weighted by Crippen LogP contribution is -2.14. The smallest absolute Gasteiger partial charge is 0.350 e. The number of nitrogens with zero attached hydrogens (tertiary/aromatic N) is 1. The van der Waals surface area contributed by atoms with Crippen LogP contribution in [0.5, 0.6) is 0 Å². The molecule has 0 unspecified atom stereocenters. The summed E-state index contributed by atoms with van der Waals surface area (Å²) in [6.07, 6.45) is -3.09. The SMILES string of the molecule is Cc1c(C(=O)Nc2ccc(S(N)(=O)=O)cc2)cn(C)c1-c1ccccc1C(F)(F)F. The first-order chi connectivity index (χ1) is 13.9. The van der Waals surface area contributed by atoms with Crippen molar-refractivity contribution in [3.8, 4) is 11.3 Å². The molecule has 6 nitrogen and oxygen atoms in total. The fourth-order valence-corrected chi connectivity index (χ4v) is 3.75. The monoisotopic (exact) mass is 437 g/mol. The number of anilines is 1. The lowest BCUT2D eigenvalue weighted by molar-refractivity contribution is -0.137. The zero-order chi connectivity index (χ0) is 22.3. The van der Waals surface area contributed by atoms with Crippen LogP contribution >= 0.6 is 0 Å². The molecule has 0 spiro atoms. The van der Waals surface area contributed by atoms with Gasteiger partial charge in [0.25, 0.3) is 5.91 Å². The normalized spacial score (nSPS) is 12.1. The number of sulfonamides is 1. The molecule has 0 bridgehead atoms. The third-order valence-electron chi connectivity index (χ3n) is 4.61. The number of carbonyl (C=O) groups excluding carboxylic acids is 1. The lowest BCUT2D eigenvalue weighted by Gasteiger charge is -2.14. The van der Waals surface area contributed by atoms with Gasteiger partial charge < -0.3 is 9.88 Å². The fourth-order valence-electron chi connectivity index (χ4n) is 3.23. The van der Waals surface area contributed by atoms with E-state index in [4.69, 9.17) is 5.14 Å². The Hall–Kier alpha value is -3.11. The molecule has 0 saturated carbocycles. The van der Waals surface area contributed by atoms with Crippen molar-refractivity contribution in [2.45, 2.75) is 18.0 Å². The Balaban J connectivity index is 1.96. The second-order valence-electron chi connectivity index (χ2n) is 6.69. The summed E-state index contributed by atoms with van der Waals surface area (Å²) in [4.78, 5) is 12.6. The van der Waals surface area contributed by atoms with Crippen LogP contribution in [0.25, 0.3) is 11.3 Å². The van der Waals surface area contributed by atoms with Gasteiger partial charge in [-0.05, 0) is 42.8 Å². The van der Waals surface area contributed by atoms with Gasteiger partial charge in [0, 0.05) is 24.5 Å². The molecular formula is C20H18F3N3O3S. The molecule has 10 heteroatoms. The minimum Gasteiger partial charge on any atom is -0.350 e. The molecule has 0 aliphatic rings. The van der Waals surface area contributed by atoms with Crippen molar-refractivity contribution in [1.29, 1.82) is 0 Å². The van der Waals surface area contributed by atoms with Gasteiger partial charge in [0.1, 0.15) is 0 Å². The molecule has 0 aliphatic carbocycles. The van der Waals surface area contributed by atoms with Crippen molar-refractivity contribution in [3.05, 3.63) is 71.4 Å². The van der Waals surface area contributed by atoms with Crippen LogP contribution in [0, 0.1) is 6.92 Å². The van der Waals surface area contributed by atoms with Gasteiger partial charge in [0.05, 0.1) is 21.7 Å². The van der Waals surface area contributed by atoms with Gasteiger partial charge in [-0.2, -0.15) is 13.2 Å². The molecule has 0 atom stereocenters. The van der Waals surface area contributed by atoms with E-state index in [1.54, 1.807) is 14.0 Å². The number of hydrogen-bond donors (Lipinski definition) is 2. The van der Waals surface area contributed by atoms with Gasteiger partial charge in [-0.15, -0.1) is 0 Å². The Labute approximate surface area is 171 Å². The Kier molecular flexibility index (Phi) is 5.48. The summed E-state index contributed by atoms with van der Waals surface area (Å²) in [5, 5.41) is 7.64. The summed E-state index contributed by atoms with van der Waals surface area (Å²) < 4.78 is 64.4. The van der Waals surface area contributed by atoms with Gasteiger partial charge in [-0.3, -0.25) is 4.79 Å². The van der Waals surface area contributed by atoms with E-state index in [1.807, 2.05) is 0 Å². The van der Waals surface area contributed by atoms with Crippen LogP contribution < -0.4 is 10.5 Å².